The number of nitrogens with zero attached hydrogens (tertiary/aromatic N) is 1. The second-order valence-corrected chi connectivity index (χ2v) is 7.56. The zero-order valence-corrected chi connectivity index (χ0v) is 16.8. The number of likely N-dealkylation sites (N-methyl/N-ethyl adjacent to an activating group) is 1. The summed E-state index contributed by atoms with van der Waals surface area (Å²) in [5.41, 5.74) is 6.74. The largest absolute Gasteiger partial charge is 0.370 e. The fraction of sp³-hybridized carbons (Fsp3) is 0.300. The first-order chi connectivity index (χ1) is 13.4. The second kappa shape index (κ2) is 10.7. The summed E-state index contributed by atoms with van der Waals surface area (Å²) in [6.45, 7) is 0.363. The average Bonchev–Trinajstić information content (AvgIpc) is 2.64. The number of amides is 3. The highest BCUT2D eigenvalue weighted by atomic mass is 32.2. The minimum Gasteiger partial charge on any atom is -0.370 e. The van der Waals surface area contributed by atoms with E-state index in [-0.39, 0.29) is 30.2 Å². The van der Waals surface area contributed by atoms with Gasteiger partial charge in [0.2, 0.25) is 5.91 Å². The zero-order valence-electron chi connectivity index (χ0n) is 15.9. The number of hydrogen-bond donors (Lipinski definition) is 3. The maximum atomic E-state index is 13.2. The number of para-hydroxylation sites is 1. The number of primary amides is 1. The Kier molecular flexibility index (Phi) is 8.28. The van der Waals surface area contributed by atoms with Gasteiger partial charge in [0, 0.05) is 23.6 Å². The molecule has 0 saturated heterocycles. The van der Waals surface area contributed by atoms with Gasteiger partial charge in [0.15, 0.2) is 0 Å². The predicted molar refractivity (Wildman–Crippen MR) is 111 cm³/mol. The van der Waals surface area contributed by atoms with E-state index in [1.54, 1.807) is 18.2 Å². The lowest BCUT2D eigenvalue weighted by atomic mass is 10.1. The Morgan fingerprint density at radius 1 is 1.14 bits per heavy atom. The average molecular weight is 405 g/mol. The minimum absolute atomic E-state index is 0.0912. The summed E-state index contributed by atoms with van der Waals surface area (Å²) in [6, 6.07) is 13.2. The molecule has 2 aromatic rings. The van der Waals surface area contributed by atoms with Crippen molar-refractivity contribution in [3.8, 4) is 0 Å². The maximum absolute atomic E-state index is 13.2. The van der Waals surface area contributed by atoms with Gasteiger partial charge < -0.3 is 21.3 Å². The van der Waals surface area contributed by atoms with E-state index < -0.39 is 0 Å². The van der Waals surface area contributed by atoms with E-state index in [4.69, 9.17) is 5.73 Å². The quantitative estimate of drug-likeness (QED) is 0.560. The molecule has 1 atom stereocenters. The number of benzene rings is 2. The summed E-state index contributed by atoms with van der Waals surface area (Å²) in [6.07, 6.45) is 0.271. The molecule has 0 bridgehead atoms. The lowest BCUT2D eigenvalue weighted by Crippen LogP contribution is -2.37. The van der Waals surface area contributed by atoms with Crippen LogP contribution in [0.15, 0.2) is 53.4 Å². The third kappa shape index (κ3) is 6.86. The lowest BCUT2D eigenvalue weighted by molar-refractivity contribution is -0.117. The molecule has 2 aromatic carbocycles. The molecule has 4 N–H and O–H groups in total. The monoisotopic (exact) mass is 404 g/mol. The molecule has 0 fully saturated rings. The second-order valence-electron chi connectivity index (χ2n) is 6.43. The van der Waals surface area contributed by atoms with Crippen molar-refractivity contribution in [1.82, 2.24) is 10.2 Å². The molecular weight excluding hydrogens is 379 g/mol. The number of nitrogens with two attached hydrogens (primary N) is 1. The molecule has 0 aromatic heterocycles. The summed E-state index contributed by atoms with van der Waals surface area (Å²) < 4.78 is 13.2. The number of urea groups is 1. The van der Waals surface area contributed by atoms with Crippen molar-refractivity contribution in [1.29, 1.82) is 0 Å². The zero-order chi connectivity index (χ0) is 20.5. The van der Waals surface area contributed by atoms with Gasteiger partial charge in [-0.15, -0.1) is 11.8 Å². The van der Waals surface area contributed by atoms with Gasteiger partial charge in [-0.1, -0.05) is 24.3 Å². The molecule has 0 aliphatic carbocycles. The van der Waals surface area contributed by atoms with E-state index in [0.717, 1.165) is 10.5 Å². The summed E-state index contributed by atoms with van der Waals surface area (Å²) in [5, 5.41) is 5.70. The first-order valence-electron chi connectivity index (χ1n) is 8.83. The van der Waals surface area contributed by atoms with Crippen molar-refractivity contribution in [2.24, 2.45) is 5.73 Å². The van der Waals surface area contributed by atoms with E-state index >= 15 is 0 Å². The number of halogens is 1. The van der Waals surface area contributed by atoms with Crippen LogP contribution in [0.25, 0.3) is 0 Å². The normalized spacial score (nSPS) is 11.9. The number of hydrogen-bond acceptors (Lipinski definition) is 4. The van der Waals surface area contributed by atoms with Crippen molar-refractivity contribution in [2.75, 3.05) is 31.7 Å². The van der Waals surface area contributed by atoms with E-state index in [9.17, 15) is 14.0 Å². The van der Waals surface area contributed by atoms with Crippen LogP contribution in [0.3, 0.4) is 0 Å². The first kappa shape index (κ1) is 21.7. The predicted octanol–water partition coefficient (Wildman–Crippen LogP) is 3.22. The van der Waals surface area contributed by atoms with E-state index in [0.29, 0.717) is 18.0 Å². The van der Waals surface area contributed by atoms with Crippen molar-refractivity contribution in [3.05, 3.63) is 59.9 Å². The van der Waals surface area contributed by atoms with Gasteiger partial charge in [-0.25, -0.2) is 9.18 Å². The topological polar surface area (TPSA) is 87.5 Å². The van der Waals surface area contributed by atoms with Gasteiger partial charge in [-0.3, -0.25) is 4.79 Å². The van der Waals surface area contributed by atoms with Gasteiger partial charge in [0.05, 0.1) is 11.7 Å². The standard InChI is InChI=1S/C20H25FN4O2S/c1-25(2)17(14-7-9-15(21)10-8-14)13-23-20(27)24-16-5-3-4-6-18(16)28-12-11-19(22)26/h3-10,17H,11-13H2,1-2H3,(H2,22,26)(H2,23,24,27). The fourth-order valence-electron chi connectivity index (χ4n) is 2.60. The number of carbonyl (C=O) groups excluding carboxylic acids is 2. The smallest absolute Gasteiger partial charge is 0.319 e. The molecule has 0 radical (unpaired) electrons. The van der Waals surface area contributed by atoms with Crippen LogP contribution in [-0.2, 0) is 4.79 Å². The number of rotatable bonds is 9. The minimum atomic E-state index is -0.355. The number of anilines is 1. The number of thioether (sulfide) groups is 1. The molecular formula is C20H25FN4O2S. The molecule has 2 rings (SSSR count). The first-order valence-corrected chi connectivity index (χ1v) is 9.82. The Labute approximate surface area is 168 Å². The van der Waals surface area contributed by atoms with E-state index in [1.807, 2.05) is 37.2 Å². The Morgan fingerprint density at radius 2 is 1.82 bits per heavy atom. The van der Waals surface area contributed by atoms with Crippen LogP contribution in [-0.4, -0.2) is 43.2 Å². The van der Waals surface area contributed by atoms with Crippen LogP contribution in [0.5, 0.6) is 0 Å². The molecule has 0 spiro atoms. The third-order valence-corrected chi connectivity index (χ3v) is 5.15. The van der Waals surface area contributed by atoms with Crippen LogP contribution >= 0.6 is 11.8 Å². The van der Waals surface area contributed by atoms with Crippen LogP contribution in [0, 0.1) is 5.82 Å². The molecule has 3 amide bonds. The Bertz CT molecular complexity index is 799. The molecule has 0 aliphatic rings. The molecule has 150 valence electrons. The van der Waals surface area contributed by atoms with Gasteiger partial charge in [-0.05, 0) is 43.9 Å². The molecule has 6 nitrogen and oxygen atoms in total. The van der Waals surface area contributed by atoms with Crippen molar-refractivity contribution >= 4 is 29.4 Å². The maximum Gasteiger partial charge on any atom is 0.319 e. The van der Waals surface area contributed by atoms with Crippen LogP contribution < -0.4 is 16.4 Å². The molecule has 0 aliphatic heterocycles. The summed E-state index contributed by atoms with van der Waals surface area (Å²) in [5.74, 6) is -0.105. The van der Waals surface area contributed by atoms with E-state index in [1.165, 1.54) is 23.9 Å². The highest BCUT2D eigenvalue weighted by molar-refractivity contribution is 7.99. The van der Waals surface area contributed by atoms with Crippen LogP contribution in [0.4, 0.5) is 14.9 Å². The molecule has 0 heterocycles. The molecule has 0 saturated carbocycles. The van der Waals surface area contributed by atoms with Crippen molar-refractivity contribution in [3.63, 3.8) is 0 Å². The fourth-order valence-corrected chi connectivity index (χ4v) is 3.57. The third-order valence-electron chi connectivity index (χ3n) is 4.08. The highest BCUT2D eigenvalue weighted by Crippen LogP contribution is 2.27. The van der Waals surface area contributed by atoms with E-state index in [2.05, 4.69) is 10.6 Å². The highest BCUT2D eigenvalue weighted by Gasteiger charge is 2.16. The molecule has 28 heavy (non-hydrogen) atoms. The Hall–Kier alpha value is -2.58. The Balaban J connectivity index is 1.95. The van der Waals surface area contributed by atoms with Crippen LogP contribution in [0.1, 0.15) is 18.0 Å². The molecule has 1 unspecified atom stereocenters. The van der Waals surface area contributed by atoms with Gasteiger partial charge in [-0.2, -0.15) is 0 Å². The van der Waals surface area contributed by atoms with Crippen LogP contribution in [0.2, 0.25) is 0 Å². The van der Waals surface area contributed by atoms with Crippen molar-refractivity contribution < 1.29 is 14.0 Å². The summed E-state index contributed by atoms with van der Waals surface area (Å²) in [7, 11) is 3.80. The van der Waals surface area contributed by atoms with Crippen molar-refractivity contribution in [2.45, 2.75) is 17.4 Å². The number of nitrogens with one attached hydrogen (secondary N) is 2. The number of carbonyl (C=O) groups is 2. The molecule has 8 heteroatoms. The van der Waals surface area contributed by atoms with Gasteiger partial charge in [0.25, 0.3) is 0 Å². The summed E-state index contributed by atoms with van der Waals surface area (Å²) >= 11 is 1.46. The summed E-state index contributed by atoms with van der Waals surface area (Å²) in [4.78, 5) is 26.1. The lowest BCUT2D eigenvalue weighted by Gasteiger charge is -2.25. The Morgan fingerprint density at radius 3 is 2.46 bits per heavy atom. The van der Waals surface area contributed by atoms with Gasteiger partial charge >= 0.3 is 6.03 Å². The van der Waals surface area contributed by atoms with Gasteiger partial charge in [0.1, 0.15) is 5.82 Å². The SMILES string of the molecule is CN(C)C(CNC(=O)Nc1ccccc1SCCC(N)=O)c1ccc(F)cc1.